The maximum absolute atomic E-state index is 13.6. The fourth-order valence-electron chi connectivity index (χ4n) is 1.70. The van der Waals surface area contributed by atoms with E-state index in [-0.39, 0.29) is 34.5 Å². The molecule has 0 saturated carbocycles. The van der Waals surface area contributed by atoms with Gasteiger partial charge in [0.1, 0.15) is 12.4 Å². The van der Waals surface area contributed by atoms with E-state index in [9.17, 15) is 14.5 Å². The molecule has 0 saturated heterocycles. The molecule has 0 spiro atoms. The minimum atomic E-state index is -0.564. The van der Waals surface area contributed by atoms with Crippen molar-refractivity contribution in [1.29, 1.82) is 0 Å². The van der Waals surface area contributed by atoms with Crippen molar-refractivity contribution in [3.8, 4) is 5.75 Å². The molecule has 110 valence electrons. The van der Waals surface area contributed by atoms with E-state index in [1.807, 2.05) is 0 Å². The number of hydrogen-bond acceptors (Lipinski definition) is 3. The Morgan fingerprint density at radius 1 is 1.24 bits per heavy atom. The molecule has 4 nitrogen and oxygen atoms in total. The van der Waals surface area contributed by atoms with Gasteiger partial charge in [-0.15, -0.1) is 11.6 Å². The molecule has 0 unspecified atom stereocenters. The Labute approximate surface area is 130 Å². The van der Waals surface area contributed by atoms with Crippen LogP contribution >= 0.6 is 23.2 Å². The van der Waals surface area contributed by atoms with Crippen LogP contribution in [0.25, 0.3) is 0 Å². The number of nitro benzene ring substituents is 1. The molecule has 0 N–H and O–H groups in total. The van der Waals surface area contributed by atoms with E-state index < -0.39 is 10.7 Å². The van der Waals surface area contributed by atoms with Gasteiger partial charge in [-0.25, -0.2) is 4.39 Å². The normalized spacial score (nSPS) is 10.4. The summed E-state index contributed by atoms with van der Waals surface area (Å²) in [6.07, 6.45) is 0. The van der Waals surface area contributed by atoms with Crippen LogP contribution in [-0.2, 0) is 12.5 Å². The molecule has 21 heavy (non-hydrogen) atoms. The summed E-state index contributed by atoms with van der Waals surface area (Å²) in [5.41, 5.74) is 0.733. The van der Waals surface area contributed by atoms with Crippen molar-refractivity contribution in [2.24, 2.45) is 0 Å². The molecule has 0 aliphatic heterocycles. The van der Waals surface area contributed by atoms with Gasteiger partial charge in [0, 0.05) is 22.5 Å². The summed E-state index contributed by atoms with van der Waals surface area (Å²) >= 11 is 11.3. The van der Waals surface area contributed by atoms with E-state index in [1.54, 1.807) is 6.07 Å². The zero-order chi connectivity index (χ0) is 15.4. The van der Waals surface area contributed by atoms with Crippen molar-refractivity contribution in [2.45, 2.75) is 12.5 Å². The highest BCUT2D eigenvalue weighted by Crippen LogP contribution is 2.29. The highest BCUT2D eigenvalue weighted by Gasteiger charge is 2.16. The van der Waals surface area contributed by atoms with Gasteiger partial charge in [-0.2, -0.15) is 0 Å². The van der Waals surface area contributed by atoms with Gasteiger partial charge in [-0.1, -0.05) is 23.7 Å². The monoisotopic (exact) mass is 329 g/mol. The largest absolute Gasteiger partial charge is 0.482 e. The van der Waals surface area contributed by atoms with Gasteiger partial charge in [0.05, 0.1) is 4.92 Å². The molecule has 0 amide bonds. The molecule has 0 radical (unpaired) electrons. The van der Waals surface area contributed by atoms with Crippen LogP contribution in [0.3, 0.4) is 0 Å². The summed E-state index contributed by atoms with van der Waals surface area (Å²) < 4.78 is 19.0. The second-order valence-corrected chi connectivity index (χ2v) is 4.92. The maximum atomic E-state index is 13.6. The zero-order valence-corrected chi connectivity index (χ0v) is 12.2. The van der Waals surface area contributed by atoms with E-state index in [0.717, 1.165) is 6.07 Å². The Balaban J connectivity index is 2.24. The third-order valence-corrected chi connectivity index (χ3v) is 3.32. The lowest BCUT2D eigenvalue weighted by Gasteiger charge is -2.09. The van der Waals surface area contributed by atoms with Gasteiger partial charge >= 0.3 is 5.69 Å². The molecule has 0 bridgehead atoms. The van der Waals surface area contributed by atoms with Crippen LogP contribution in [0.2, 0.25) is 5.02 Å². The molecule has 0 aliphatic carbocycles. The molecular formula is C14H10Cl2FNO3. The third kappa shape index (κ3) is 3.83. The number of alkyl halides is 1. The van der Waals surface area contributed by atoms with Crippen LogP contribution in [0.5, 0.6) is 5.75 Å². The molecule has 0 fully saturated rings. The lowest BCUT2D eigenvalue weighted by molar-refractivity contribution is -0.386. The van der Waals surface area contributed by atoms with Crippen LogP contribution in [0.15, 0.2) is 36.4 Å². The second kappa shape index (κ2) is 6.74. The van der Waals surface area contributed by atoms with Crippen LogP contribution in [0.1, 0.15) is 11.1 Å². The summed E-state index contributed by atoms with van der Waals surface area (Å²) in [6.45, 7) is -0.143. The average Bonchev–Trinajstić information content (AvgIpc) is 2.45. The van der Waals surface area contributed by atoms with Gasteiger partial charge in [0.15, 0.2) is 5.75 Å². The average molecular weight is 330 g/mol. The van der Waals surface area contributed by atoms with Crippen molar-refractivity contribution in [2.75, 3.05) is 0 Å². The molecule has 2 rings (SSSR count). The topological polar surface area (TPSA) is 52.4 Å². The minimum absolute atomic E-state index is 0.0486. The Kier molecular flexibility index (Phi) is 4.98. The van der Waals surface area contributed by atoms with Crippen molar-refractivity contribution < 1.29 is 14.1 Å². The first-order valence-electron chi connectivity index (χ1n) is 5.91. The molecule has 2 aromatic carbocycles. The van der Waals surface area contributed by atoms with E-state index in [0.29, 0.717) is 5.56 Å². The van der Waals surface area contributed by atoms with Crippen LogP contribution in [0.4, 0.5) is 10.1 Å². The fraction of sp³-hybridized carbons (Fsp3) is 0.143. The fourth-order valence-corrected chi connectivity index (χ4v) is 2.03. The van der Waals surface area contributed by atoms with Crippen molar-refractivity contribution in [3.63, 3.8) is 0 Å². The van der Waals surface area contributed by atoms with Crippen LogP contribution < -0.4 is 4.74 Å². The number of ether oxygens (including phenoxy) is 1. The summed E-state index contributed by atoms with van der Waals surface area (Å²) in [5.74, 6) is -0.282. The van der Waals surface area contributed by atoms with Gasteiger partial charge in [0.2, 0.25) is 0 Å². The zero-order valence-electron chi connectivity index (χ0n) is 10.7. The summed E-state index contributed by atoms with van der Waals surface area (Å²) in [6, 6.07) is 8.47. The first-order valence-corrected chi connectivity index (χ1v) is 6.82. The number of nitro groups is 1. The Morgan fingerprint density at radius 2 is 2.00 bits per heavy atom. The highest BCUT2D eigenvalue weighted by molar-refractivity contribution is 6.30. The van der Waals surface area contributed by atoms with E-state index in [1.165, 1.54) is 24.3 Å². The van der Waals surface area contributed by atoms with Gasteiger partial charge in [-0.3, -0.25) is 10.1 Å². The SMILES string of the molecule is O=[N+]([O-])c1ccc(CCl)cc1OCc1ccc(Cl)cc1F. The van der Waals surface area contributed by atoms with Gasteiger partial charge in [0.25, 0.3) is 0 Å². The number of benzene rings is 2. The van der Waals surface area contributed by atoms with Crippen LogP contribution in [-0.4, -0.2) is 4.92 Å². The molecule has 0 aliphatic rings. The summed E-state index contributed by atoms with van der Waals surface area (Å²) in [4.78, 5) is 10.4. The molecular weight excluding hydrogens is 320 g/mol. The quantitative estimate of drug-likeness (QED) is 0.453. The van der Waals surface area contributed by atoms with Gasteiger partial charge < -0.3 is 4.74 Å². The number of hydrogen-bond donors (Lipinski definition) is 0. The number of halogens is 3. The number of nitrogens with zero attached hydrogens (tertiary/aromatic N) is 1. The molecule has 0 heterocycles. The van der Waals surface area contributed by atoms with Crippen LogP contribution in [0, 0.1) is 15.9 Å². The first-order chi connectivity index (χ1) is 10.0. The smallest absolute Gasteiger partial charge is 0.310 e. The predicted molar refractivity (Wildman–Crippen MR) is 78.4 cm³/mol. The van der Waals surface area contributed by atoms with E-state index >= 15 is 0 Å². The second-order valence-electron chi connectivity index (χ2n) is 4.22. The summed E-state index contributed by atoms with van der Waals surface area (Å²) in [7, 11) is 0. The lowest BCUT2D eigenvalue weighted by Crippen LogP contribution is -2.01. The predicted octanol–water partition coefficient (Wildman–Crippen LogP) is 4.71. The standard InChI is InChI=1S/C14H10Cl2FNO3/c15-7-9-1-4-13(18(19)20)14(5-9)21-8-10-2-3-11(16)6-12(10)17/h1-6H,7-8H2. The lowest BCUT2D eigenvalue weighted by atomic mass is 10.2. The third-order valence-electron chi connectivity index (χ3n) is 2.77. The Hall–Kier alpha value is -1.85. The molecule has 0 aromatic heterocycles. The molecule has 2 aromatic rings. The number of rotatable bonds is 5. The minimum Gasteiger partial charge on any atom is -0.482 e. The van der Waals surface area contributed by atoms with Crippen molar-refractivity contribution >= 4 is 28.9 Å². The maximum Gasteiger partial charge on any atom is 0.310 e. The van der Waals surface area contributed by atoms with Crippen molar-refractivity contribution in [3.05, 3.63) is 68.5 Å². The molecule has 0 atom stereocenters. The Bertz CT molecular complexity index is 679. The van der Waals surface area contributed by atoms with E-state index in [4.69, 9.17) is 27.9 Å². The highest BCUT2D eigenvalue weighted by atomic mass is 35.5. The van der Waals surface area contributed by atoms with Gasteiger partial charge in [-0.05, 0) is 23.8 Å². The first kappa shape index (κ1) is 15.5. The summed E-state index contributed by atoms with van der Waals surface area (Å²) in [5, 5.41) is 11.2. The van der Waals surface area contributed by atoms with E-state index in [2.05, 4.69) is 0 Å². The Morgan fingerprint density at radius 3 is 2.62 bits per heavy atom. The molecule has 7 heteroatoms. The van der Waals surface area contributed by atoms with Crippen molar-refractivity contribution in [1.82, 2.24) is 0 Å².